The monoisotopic (exact) mass is 162 g/mol. The molecule has 0 saturated carbocycles. The van der Waals surface area contributed by atoms with Crippen LogP contribution in [0, 0.1) is 17.8 Å². The molecule has 0 aromatic carbocycles. The van der Waals surface area contributed by atoms with Crippen LogP contribution in [0.4, 0.5) is 0 Å². The Bertz CT molecular complexity index is 263. The van der Waals surface area contributed by atoms with Crippen LogP contribution in [-0.2, 0) is 4.79 Å². The van der Waals surface area contributed by atoms with Gasteiger partial charge in [-0.05, 0) is 17.9 Å². The molecule has 0 aromatic heterocycles. The molecular weight excluding hydrogens is 148 g/mol. The van der Waals surface area contributed by atoms with Crippen LogP contribution in [0.1, 0.15) is 33.1 Å². The summed E-state index contributed by atoms with van der Waals surface area (Å²) in [6, 6.07) is 0. The minimum Gasteiger partial charge on any atom is -0.295 e. The lowest BCUT2D eigenvalue weighted by Crippen LogP contribution is -2.21. The predicted octanol–water partition coefficient (Wildman–Crippen LogP) is 2.33. The maximum atomic E-state index is 11.2. The van der Waals surface area contributed by atoms with Gasteiger partial charge in [-0.25, -0.2) is 0 Å². The third-order valence-electron chi connectivity index (χ3n) is 2.05. The van der Waals surface area contributed by atoms with E-state index < -0.39 is 0 Å². The van der Waals surface area contributed by atoms with E-state index in [-0.39, 0.29) is 11.2 Å². The van der Waals surface area contributed by atoms with Crippen molar-refractivity contribution in [2.24, 2.45) is 5.41 Å². The molecule has 0 N–H and O–H groups in total. The van der Waals surface area contributed by atoms with Crippen LogP contribution >= 0.6 is 0 Å². The highest BCUT2D eigenvalue weighted by atomic mass is 16.1. The van der Waals surface area contributed by atoms with Crippen molar-refractivity contribution >= 4 is 5.78 Å². The summed E-state index contributed by atoms with van der Waals surface area (Å²) in [6.45, 7) is 4.21. The third kappa shape index (κ3) is 2.23. The van der Waals surface area contributed by atoms with E-state index >= 15 is 0 Å². The molecule has 1 heteroatoms. The molecule has 1 nitrogen and oxygen atoms in total. The van der Waals surface area contributed by atoms with Crippen LogP contribution in [0.25, 0.3) is 0 Å². The molecule has 0 aromatic rings. The Hall–Kier alpha value is -1.03. The largest absolute Gasteiger partial charge is 0.295 e. The summed E-state index contributed by atoms with van der Waals surface area (Å²) in [5, 5.41) is 0. The fourth-order valence-corrected chi connectivity index (χ4v) is 1.72. The molecule has 0 bridgehead atoms. The number of hydrogen-bond donors (Lipinski definition) is 0. The first-order valence-corrected chi connectivity index (χ1v) is 4.19. The molecule has 0 atom stereocenters. The lowest BCUT2D eigenvalue weighted by Gasteiger charge is -2.28. The number of ketones is 1. The number of carbonyl (C=O) groups is 1. The summed E-state index contributed by atoms with van der Waals surface area (Å²) in [5.41, 5.74) is 1.22. The number of carbonyl (C=O) groups excluding carboxylic acids is 1. The van der Waals surface area contributed by atoms with Gasteiger partial charge < -0.3 is 0 Å². The summed E-state index contributed by atoms with van der Waals surface area (Å²) in [4.78, 5) is 11.2. The topological polar surface area (TPSA) is 17.1 Å². The molecule has 1 aliphatic carbocycles. The molecule has 0 amide bonds. The highest BCUT2D eigenvalue weighted by molar-refractivity contribution is 5.91. The Labute approximate surface area is 73.9 Å². The van der Waals surface area contributed by atoms with Crippen molar-refractivity contribution in [3.8, 4) is 12.3 Å². The van der Waals surface area contributed by atoms with E-state index in [2.05, 4.69) is 19.8 Å². The van der Waals surface area contributed by atoms with E-state index in [1.165, 1.54) is 0 Å². The van der Waals surface area contributed by atoms with Gasteiger partial charge >= 0.3 is 0 Å². The molecule has 1 aliphatic rings. The Morgan fingerprint density at radius 1 is 1.58 bits per heavy atom. The fourth-order valence-electron chi connectivity index (χ4n) is 1.72. The van der Waals surface area contributed by atoms with E-state index in [1.54, 1.807) is 6.08 Å². The van der Waals surface area contributed by atoms with Gasteiger partial charge in [-0.15, -0.1) is 12.3 Å². The molecule has 0 radical (unpaired) electrons. The quantitative estimate of drug-likeness (QED) is 0.541. The van der Waals surface area contributed by atoms with Gasteiger partial charge in [0.2, 0.25) is 0 Å². The second-order valence-corrected chi connectivity index (χ2v) is 4.17. The van der Waals surface area contributed by atoms with Gasteiger partial charge in [0.05, 0.1) is 0 Å². The Kier molecular flexibility index (Phi) is 2.38. The zero-order chi connectivity index (χ0) is 9.19. The average molecular weight is 162 g/mol. The van der Waals surface area contributed by atoms with Crippen molar-refractivity contribution in [1.82, 2.24) is 0 Å². The lowest BCUT2D eigenvalue weighted by molar-refractivity contribution is -0.117. The van der Waals surface area contributed by atoms with E-state index in [1.807, 2.05) is 0 Å². The summed E-state index contributed by atoms with van der Waals surface area (Å²) < 4.78 is 0. The van der Waals surface area contributed by atoms with Crippen molar-refractivity contribution in [2.75, 3.05) is 0 Å². The SMILES string of the molecule is C#CCC1=CC(=O)CC(C)(C)C1. The van der Waals surface area contributed by atoms with E-state index in [0.717, 1.165) is 12.0 Å². The highest BCUT2D eigenvalue weighted by Crippen LogP contribution is 2.34. The molecule has 12 heavy (non-hydrogen) atoms. The van der Waals surface area contributed by atoms with Gasteiger partial charge in [-0.1, -0.05) is 19.4 Å². The molecule has 0 fully saturated rings. The van der Waals surface area contributed by atoms with E-state index in [9.17, 15) is 4.79 Å². The van der Waals surface area contributed by atoms with Gasteiger partial charge in [-0.3, -0.25) is 4.79 Å². The fraction of sp³-hybridized carbons (Fsp3) is 0.545. The van der Waals surface area contributed by atoms with Crippen LogP contribution in [0.3, 0.4) is 0 Å². The summed E-state index contributed by atoms with van der Waals surface area (Å²) in [7, 11) is 0. The number of terminal acetylenes is 1. The first kappa shape index (κ1) is 9.06. The first-order chi connectivity index (χ1) is 5.53. The summed E-state index contributed by atoms with van der Waals surface area (Å²) in [6.07, 6.45) is 9.14. The molecule has 0 spiro atoms. The maximum Gasteiger partial charge on any atom is 0.156 e. The van der Waals surface area contributed by atoms with Gasteiger partial charge in [0.15, 0.2) is 5.78 Å². The zero-order valence-corrected chi connectivity index (χ0v) is 7.68. The van der Waals surface area contributed by atoms with Crippen LogP contribution in [0.5, 0.6) is 0 Å². The van der Waals surface area contributed by atoms with Crippen molar-refractivity contribution in [2.45, 2.75) is 33.1 Å². The minimum atomic E-state index is 0.109. The Morgan fingerprint density at radius 2 is 2.25 bits per heavy atom. The summed E-state index contributed by atoms with van der Waals surface area (Å²) in [5.74, 6) is 2.79. The average Bonchev–Trinajstić information content (AvgIpc) is 1.82. The van der Waals surface area contributed by atoms with Crippen molar-refractivity contribution in [3.63, 3.8) is 0 Å². The third-order valence-corrected chi connectivity index (χ3v) is 2.05. The normalized spacial score (nSPS) is 21.4. The number of rotatable bonds is 1. The molecule has 1 rings (SSSR count). The lowest BCUT2D eigenvalue weighted by atomic mass is 9.76. The highest BCUT2D eigenvalue weighted by Gasteiger charge is 2.26. The van der Waals surface area contributed by atoms with Gasteiger partial charge in [0.1, 0.15) is 0 Å². The van der Waals surface area contributed by atoms with Gasteiger partial charge in [-0.2, -0.15) is 0 Å². The molecular formula is C11H14O. The maximum absolute atomic E-state index is 11.2. The number of hydrogen-bond acceptors (Lipinski definition) is 1. The molecule has 0 unspecified atom stereocenters. The van der Waals surface area contributed by atoms with Crippen molar-refractivity contribution in [3.05, 3.63) is 11.6 Å². The molecule has 64 valence electrons. The van der Waals surface area contributed by atoms with Gasteiger partial charge in [0, 0.05) is 12.8 Å². The first-order valence-electron chi connectivity index (χ1n) is 4.19. The molecule has 0 heterocycles. The molecule has 0 saturated heterocycles. The van der Waals surface area contributed by atoms with E-state index in [4.69, 9.17) is 6.42 Å². The standard InChI is InChI=1S/C11H14O/c1-4-5-9-6-10(12)8-11(2,3)7-9/h1,6H,5,7-8H2,2-3H3. The van der Waals surface area contributed by atoms with Crippen molar-refractivity contribution in [1.29, 1.82) is 0 Å². The van der Waals surface area contributed by atoms with Crippen LogP contribution in [-0.4, -0.2) is 5.78 Å². The van der Waals surface area contributed by atoms with E-state index in [0.29, 0.717) is 12.8 Å². The van der Waals surface area contributed by atoms with Crippen LogP contribution in [0.15, 0.2) is 11.6 Å². The second kappa shape index (κ2) is 3.15. The predicted molar refractivity (Wildman–Crippen MR) is 49.6 cm³/mol. The Balaban J connectivity index is 2.78. The smallest absolute Gasteiger partial charge is 0.156 e. The number of allylic oxidation sites excluding steroid dienone is 2. The minimum absolute atomic E-state index is 0.109. The zero-order valence-electron chi connectivity index (χ0n) is 7.68. The van der Waals surface area contributed by atoms with Crippen LogP contribution in [0.2, 0.25) is 0 Å². The van der Waals surface area contributed by atoms with Crippen LogP contribution < -0.4 is 0 Å². The second-order valence-electron chi connectivity index (χ2n) is 4.17. The molecule has 0 aliphatic heterocycles. The van der Waals surface area contributed by atoms with Crippen molar-refractivity contribution < 1.29 is 4.79 Å². The Morgan fingerprint density at radius 3 is 2.75 bits per heavy atom. The summed E-state index contributed by atoms with van der Waals surface area (Å²) >= 11 is 0. The van der Waals surface area contributed by atoms with Gasteiger partial charge in [0.25, 0.3) is 0 Å².